The molecule has 0 saturated heterocycles. The van der Waals surface area contributed by atoms with Gasteiger partial charge in [-0.3, -0.25) is 9.59 Å². The highest BCUT2D eigenvalue weighted by Crippen LogP contribution is 2.31. The predicted octanol–water partition coefficient (Wildman–Crippen LogP) is 4.60. The summed E-state index contributed by atoms with van der Waals surface area (Å²) in [6, 6.07) is 13.4. The van der Waals surface area contributed by atoms with E-state index in [0.717, 1.165) is 37.7 Å². The van der Waals surface area contributed by atoms with Gasteiger partial charge in [-0.1, -0.05) is 25.5 Å². The fourth-order valence-corrected chi connectivity index (χ4v) is 4.31. The highest BCUT2D eigenvalue weighted by atomic mass is 16.4. The minimum atomic E-state index is -0.964. The van der Waals surface area contributed by atoms with Crippen molar-refractivity contribution in [1.29, 1.82) is 0 Å². The Kier molecular flexibility index (Phi) is 8.90. The Balaban J connectivity index is 1.69. The Morgan fingerprint density at radius 2 is 1.62 bits per heavy atom. The van der Waals surface area contributed by atoms with Gasteiger partial charge in [0.05, 0.1) is 6.42 Å². The highest BCUT2D eigenvalue weighted by Gasteiger charge is 2.28. The SMILES string of the molecule is CCC1CCC(N(Cc2ccc(C(=O)NCCC(=O)O)cc2)C(=O)Nc2ccc(O)cc2)CC1. The van der Waals surface area contributed by atoms with Crippen molar-refractivity contribution in [2.45, 2.75) is 58.0 Å². The first-order valence-corrected chi connectivity index (χ1v) is 11.8. The number of aromatic hydroxyl groups is 1. The van der Waals surface area contributed by atoms with Crippen molar-refractivity contribution in [2.24, 2.45) is 5.92 Å². The topological polar surface area (TPSA) is 119 Å². The van der Waals surface area contributed by atoms with Crippen LogP contribution in [0.2, 0.25) is 0 Å². The van der Waals surface area contributed by atoms with Gasteiger partial charge in [0.2, 0.25) is 0 Å². The van der Waals surface area contributed by atoms with Crippen molar-refractivity contribution in [3.8, 4) is 5.75 Å². The summed E-state index contributed by atoms with van der Waals surface area (Å²) in [5.74, 6) is -0.445. The molecule has 2 aromatic carbocycles. The number of nitrogens with zero attached hydrogens (tertiary/aromatic N) is 1. The van der Waals surface area contributed by atoms with Gasteiger partial charge >= 0.3 is 12.0 Å². The Bertz CT molecular complexity index is 967. The van der Waals surface area contributed by atoms with Crippen molar-refractivity contribution in [3.05, 3.63) is 59.7 Å². The number of benzene rings is 2. The van der Waals surface area contributed by atoms with E-state index in [0.29, 0.717) is 23.7 Å². The number of urea groups is 1. The Morgan fingerprint density at radius 3 is 2.21 bits per heavy atom. The zero-order chi connectivity index (χ0) is 24.5. The summed E-state index contributed by atoms with van der Waals surface area (Å²) in [7, 11) is 0. The summed E-state index contributed by atoms with van der Waals surface area (Å²) < 4.78 is 0. The van der Waals surface area contributed by atoms with Gasteiger partial charge in [0, 0.05) is 30.4 Å². The van der Waals surface area contributed by atoms with Crippen LogP contribution in [0.15, 0.2) is 48.5 Å². The molecule has 1 fully saturated rings. The second-order valence-corrected chi connectivity index (χ2v) is 8.78. The molecule has 0 atom stereocenters. The van der Waals surface area contributed by atoms with E-state index in [1.54, 1.807) is 24.3 Å². The lowest BCUT2D eigenvalue weighted by Crippen LogP contribution is -2.44. The number of carboxylic acids is 1. The lowest BCUT2D eigenvalue weighted by Gasteiger charge is -2.37. The lowest BCUT2D eigenvalue weighted by molar-refractivity contribution is -0.136. The van der Waals surface area contributed by atoms with Crippen LogP contribution < -0.4 is 10.6 Å². The van der Waals surface area contributed by atoms with Crippen LogP contribution in [0, 0.1) is 5.92 Å². The summed E-state index contributed by atoms with van der Waals surface area (Å²) in [5, 5.41) is 23.7. The average molecular weight is 468 g/mol. The monoisotopic (exact) mass is 467 g/mol. The number of carbonyl (C=O) groups is 3. The van der Waals surface area contributed by atoms with Crippen LogP contribution in [0.1, 0.15) is 61.4 Å². The van der Waals surface area contributed by atoms with Crippen molar-refractivity contribution >= 4 is 23.6 Å². The van der Waals surface area contributed by atoms with E-state index in [1.165, 1.54) is 12.1 Å². The molecule has 0 aliphatic heterocycles. The van der Waals surface area contributed by atoms with Crippen LogP contribution in [0.5, 0.6) is 5.75 Å². The van der Waals surface area contributed by atoms with Crippen LogP contribution in [-0.2, 0) is 11.3 Å². The summed E-state index contributed by atoms with van der Waals surface area (Å²) >= 11 is 0. The minimum Gasteiger partial charge on any atom is -0.508 e. The maximum Gasteiger partial charge on any atom is 0.322 e. The number of hydrogen-bond donors (Lipinski definition) is 4. The molecule has 3 amide bonds. The predicted molar refractivity (Wildman–Crippen MR) is 130 cm³/mol. The maximum absolute atomic E-state index is 13.2. The normalized spacial score (nSPS) is 17.6. The minimum absolute atomic E-state index is 0.0710. The molecule has 0 spiro atoms. The van der Waals surface area contributed by atoms with E-state index < -0.39 is 5.97 Å². The zero-order valence-corrected chi connectivity index (χ0v) is 19.5. The molecular weight excluding hydrogens is 434 g/mol. The molecule has 4 N–H and O–H groups in total. The fraction of sp³-hybridized carbons (Fsp3) is 0.423. The molecule has 1 saturated carbocycles. The number of phenols is 1. The van der Waals surface area contributed by atoms with Crippen LogP contribution >= 0.6 is 0 Å². The second-order valence-electron chi connectivity index (χ2n) is 8.78. The quantitative estimate of drug-likeness (QED) is 0.402. The molecule has 34 heavy (non-hydrogen) atoms. The number of carboxylic acid groups (broad SMARTS) is 1. The number of amides is 3. The number of carbonyl (C=O) groups excluding carboxylic acids is 2. The third-order valence-corrected chi connectivity index (χ3v) is 6.41. The maximum atomic E-state index is 13.2. The van der Waals surface area contributed by atoms with E-state index >= 15 is 0 Å². The molecule has 0 radical (unpaired) electrons. The zero-order valence-electron chi connectivity index (χ0n) is 19.5. The number of phenolic OH excluding ortho intramolecular Hbond substituents is 1. The van der Waals surface area contributed by atoms with Gasteiger partial charge < -0.3 is 25.7 Å². The summed E-state index contributed by atoms with van der Waals surface area (Å²) in [5.41, 5.74) is 1.96. The molecular formula is C26H33N3O5. The first kappa shape index (κ1) is 25.1. The van der Waals surface area contributed by atoms with E-state index in [-0.39, 0.29) is 36.7 Å². The number of hydrogen-bond acceptors (Lipinski definition) is 4. The van der Waals surface area contributed by atoms with Crippen molar-refractivity contribution < 1.29 is 24.6 Å². The number of aliphatic carboxylic acids is 1. The molecule has 0 unspecified atom stereocenters. The van der Waals surface area contributed by atoms with Crippen LogP contribution in [0.4, 0.5) is 10.5 Å². The molecule has 182 valence electrons. The molecule has 0 bridgehead atoms. The van der Waals surface area contributed by atoms with E-state index in [9.17, 15) is 19.5 Å². The number of nitrogens with one attached hydrogen (secondary N) is 2. The first-order chi connectivity index (χ1) is 16.4. The molecule has 1 aliphatic rings. The van der Waals surface area contributed by atoms with Gasteiger partial charge in [-0.15, -0.1) is 0 Å². The summed E-state index contributed by atoms with van der Waals surface area (Å²) in [6.45, 7) is 2.69. The standard InChI is InChI=1S/C26H33N3O5/c1-2-18-5-11-22(12-6-18)29(26(34)28-21-9-13-23(30)14-10-21)17-19-3-7-20(8-4-19)25(33)27-16-15-24(31)32/h3-4,7-10,13-14,18,22,30H,2,5-6,11-12,15-17H2,1H3,(H,27,33)(H,28,34)(H,31,32). The smallest absolute Gasteiger partial charge is 0.322 e. The van der Waals surface area contributed by atoms with Gasteiger partial charge in [-0.05, 0) is 73.6 Å². The van der Waals surface area contributed by atoms with Crippen molar-refractivity contribution in [2.75, 3.05) is 11.9 Å². The Hall–Kier alpha value is -3.55. The third kappa shape index (κ3) is 7.23. The Labute approximate surface area is 200 Å². The Morgan fingerprint density at radius 1 is 0.971 bits per heavy atom. The van der Waals surface area contributed by atoms with Crippen LogP contribution in [0.3, 0.4) is 0 Å². The third-order valence-electron chi connectivity index (χ3n) is 6.41. The molecule has 1 aliphatic carbocycles. The molecule has 8 heteroatoms. The lowest BCUT2D eigenvalue weighted by atomic mass is 9.84. The summed E-state index contributed by atoms with van der Waals surface area (Å²) in [6.07, 6.45) is 5.12. The summed E-state index contributed by atoms with van der Waals surface area (Å²) in [4.78, 5) is 37.9. The molecule has 0 aromatic heterocycles. The van der Waals surface area contributed by atoms with E-state index in [2.05, 4.69) is 17.6 Å². The van der Waals surface area contributed by atoms with Crippen molar-refractivity contribution in [3.63, 3.8) is 0 Å². The highest BCUT2D eigenvalue weighted by molar-refractivity contribution is 5.94. The van der Waals surface area contributed by atoms with E-state index in [1.807, 2.05) is 17.0 Å². The second kappa shape index (κ2) is 12.1. The largest absolute Gasteiger partial charge is 0.508 e. The molecule has 3 rings (SSSR count). The molecule has 2 aromatic rings. The van der Waals surface area contributed by atoms with Crippen LogP contribution in [0.25, 0.3) is 0 Å². The average Bonchev–Trinajstić information content (AvgIpc) is 2.84. The number of anilines is 1. The first-order valence-electron chi connectivity index (χ1n) is 11.8. The van der Waals surface area contributed by atoms with Gasteiger partial charge in [0.1, 0.15) is 5.75 Å². The molecule has 8 nitrogen and oxygen atoms in total. The number of rotatable bonds is 9. The van der Waals surface area contributed by atoms with Gasteiger partial charge in [-0.2, -0.15) is 0 Å². The molecule has 0 heterocycles. The fourth-order valence-electron chi connectivity index (χ4n) is 4.31. The van der Waals surface area contributed by atoms with Gasteiger partial charge in [-0.25, -0.2) is 4.79 Å². The van der Waals surface area contributed by atoms with Gasteiger partial charge in [0.15, 0.2) is 0 Å². The van der Waals surface area contributed by atoms with Crippen molar-refractivity contribution in [1.82, 2.24) is 10.2 Å². The van der Waals surface area contributed by atoms with E-state index in [4.69, 9.17) is 5.11 Å². The van der Waals surface area contributed by atoms with Crippen LogP contribution in [-0.4, -0.2) is 45.6 Å². The van der Waals surface area contributed by atoms with Gasteiger partial charge in [0.25, 0.3) is 5.91 Å².